The Labute approximate surface area is 124 Å². The van der Waals surface area contributed by atoms with Gasteiger partial charge in [0.25, 0.3) is 5.69 Å². The maximum absolute atomic E-state index is 12.2. The molecule has 0 aliphatic carbocycles. The number of hydrogen-bond donors (Lipinski definition) is 1. The molecule has 6 nitrogen and oxygen atoms in total. The number of likely N-dealkylation sites (tertiary alicyclic amines) is 1. The van der Waals surface area contributed by atoms with Crippen LogP contribution >= 0.6 is 15.9 Å². The molecule has 0 saturated carbocycles. The van der Waals surface area contributed by atoms with E-state index < -0.39 is 4.92 Å². The zero-order chi connectivity index (χ0) is 14.7. The lowest BCUT2D eigenvalue weighted by Gasteiger charge is -2.23. The quantitative estimate of drug-likeness (QED) is 0.668. The SMILES string of the molecule is O=C(Cc1ccc([N+](=O)[O-])cc1Br)N1CCC[C@@H]1CO. The van der Waals surface area contributed by atoms with Crippen molar-refractivity contribution in [2.45, 2.75) is 25.3 Å². The summed E-state index contributed by atoms with van der Waals surface area (Å²) >= 11 is 3.26. The van der Waals surface area contributed by atoms with Crippen LogP contribution in [0, 0.1) is 10.1 Å². The van der Waals surface area contributed by atoms with Crippen LogP contribution in [0.15, 0.2) is 22.7 Å². The minimum absolute atomic E-state index is 0.0116. The van der Waals surface area contributed by atoms with E-state index in [9.17, 15) is 20.0 Å². The molecule has 0 unspecified atom stereocenters. The lowest BCUT2D eigenvalue weighted by atomic mass is 10.1. The van der Waals surface area contributed by atoms with Crippen LogP contribution in [-0.2, 0) is 11.2 Å². The molecule has 1 amide bonds. The Morgan fingerprint density at radius 1 is 1.55 bits per heavy atom. The smallest absolute Gasteiger partial charge is 0.270 e. The van der Waals surface area contributed by atoms with Gasteiger partial charge in [-0.3, -0.25) is 14.9 Å². The third-order valence-corrected chi connectivity index (χ3v) is 4.24. The van der Waals surface area contributed by atoms with Crippen LogP contribution in [0.5, 0.6) is 0 Å². The second-order valence-corrected chi connectivity index (χ2v) is 5.63. The van der Waals surface area contributed by atoms with Gasteiger partial charge in [0, 0.05) is 23.2 Å². The normalized spacial score (nSPS) is 18.3. The number of hydrogen-bond acceptors (Lipinski definition) is 4. The maximum atomic E-state index is 12.2. The first-order valence-corrected chi connectivity index (χ1v) is 7.15. The summed E-state index contributed by atoms with van der Waals surface area (Å²) in [5.41, 5.74) is 0.701. The van der Waals surface area contributed by atoms with Gasteiger partial charge in [-0.1, -0.05) is 22.0 Å². The van der Waals surface area contributed by atoms with E-state index in [0.29, 0.717) is 16.6 Å². The zero-order valence-corrected chi connectivity index (χ0v) is 12.4. The van der Waals surface area contributed by atoms with Gasteiger partial charge in [0.1, 0.15) is 0 Å². The number of non-ortho nitro benzene ring substituents is 1. The number of rotatable bonds is 4. The molecule has 1 fully saturated rings. The molecule has 1 atom stereocenters. The summed E-state index contributed by atoms with van der Waals surface area (Å²) in [5.74, 6) is -0.0592. The molecule has 2 rings (SSSR count). The molecule has 20 heavy (non-hydrogen) atoms. The summed E-state index contributed by atoms with van der Waals surface area (Å²) < 4.78 is 0.555. The highest BCUT2D eigenvalue weighted by Gasteiger charge is 2.28. The average molecular weight is 343 g/mol. The van der Waals surface area contributed by atoms with Gasteiger partial charge in [-0.2, -0.15) is 0 Å². The molecule has 0 aromatic heterocycles. The lowest BCUT2D eigenvalue weighted by molar-refractivity contribution is -0.384. The predicted octanol–water partition coefficient (Wildman–Crippen LogP) is 1.88. The van der Waals surface area contributed by atoms with Crippen molar-refractivity contribution >= 4 is 27.5 Å². The molecule has 1 aliphatic heterocycles. The molecule has 1 aromatic carbocycles. The highest BCUT2D eigenvalue weighted by atomic mass is 79.9. The van der Waals surface area contributed by atoms with E-state index in [-0.39, 0.29) is 30.7 Å². The van der Waals surface area contributed by atoms with E-state index in [2.05, 4.69) is 15.9 Å². The summed E-state index contributed by atoms with van der Waals surface area (Å²) in [5, 5.41) is 19.9. The summed E-state index contributed by atoms with van der Waals surface area (Å²) in [6.45, 7) is 0.641. The van der Waals surface area contributed by atoms with Gasteiger partial charge in [0.15, 0.2) is 0 Å². The topological polar surface area (TPSA) is 83.7 Å². The monoisotopic (exact) mass is 342 g/mol. The van der Waals surface area contributed by atoms with Crippen molar-refractivity contribution in [1.82, 2.24) is 4.90 Å². The molecule has 0 radical (unpaired) electrons. The van der Waals surface area contributed by atoms with E-state index in [1.54, 1.807) is 11.0 Å². The highest BCUT2D eigenvalue weighted by molar-refractivity contribution is 9.10. The molecule has 7 heteroatoms. The van der Waals surface area contributed by atoms with Gasteiger partial charge in [-0.15, -0.1) is 0 Å². The van der Waals surface area contributed by atoms with Crippen LogP contribution in [-0.4, -0.2) is 40.0 Å². The summed E-state index contributed by atoms with van der Waals surface area (Å²) in [6, 6.07) is 4.28. The predicted molar refractivity (Wildman–Crippen MR) is 76.3 cm³/mol. The van der Waals surface area contributed by atoms with Gasteiger partial charge in [0.2, 0.25) is 5.91 Å². The van der Waals surface area contributed by atoms with Gasteiger partial charge >= 0.3 is 0 Å². The van der Waals surface area contributed by atoms with Gasteiger partial charge in [-0.25, -0.2) is 0 Å². The molecule has 1 aliphatic rings. The van der Waals surface area contributed by atoms with E-state index in [4.69, 9.17) is 0 Å². The first kappa shape index (κ1) is 14.9. The third kappa shape index (κ3) is 3.16. The maximum Gasteiger partial charge on any atom is 0.270 e. The molecule has 0 bridgehead atoms. The van der Waals surface area contributed by atoms with Crippen LogP contribution in [0.3, 0.4) is 0 Å². The fourth-order valence-electron chi connectivity index (χ4n) is 2.41. The van der Waals surface area contributed by atoms with Gasteiger partial charge in [-0.05, 0) is 18.4 Å². The van der Waals surface area contributed by atoms with Gasteiger partial charge in [0.05, 0.1) is 24.0 Å². The fraction of sp³-hybridized carbons (Fsp3) is 0.462. The third-order valence-electron chi connectivity index (χ3n) is 3.50. The van der Waals surface area contributed by atoms with E-state index >= 15 is 0 Å². The number of nitro benzene ring substituents is 1. The summed E-state index contributed by atoms with van der Waals surface area (Å²) in [4.78, 5) is 24.1. The molecule has 0 spiro atoms. The largest absolute Gasteiger partial charge is 0.394 e. The van der Waals surface area contributed by atoms with Crippen molar-refractivity contribution in [3.05, 3.63) is 38.3 Å². The summed E-state index contributed by atoms with van der Waals surface area (Å²) in [7, 11) is 0. The van der Waals surface area contributed by atoms with Crippen molar-refractivity contribution < 1.29 is 14.8 Å². The first-order chi connectivity index (χ1) is 9.52. The number of carbonyl (C=O) groups is 1. The lowest BCUT2D eigenvalue weighted by Crippen LogP contribution is -2.38. The molecule has 1 N–H and O–H groups in total. The number of benzene rings is 1. The minimum atomic E-state index is -0.474. The van der Waals surface area contributed by atoms with Gasteiger partial charge < -0.3 is 10.0 Å². The number of aliphatic hydroxyl groups excluding tert-OH is 1. The second-order valence-electron chi connectivity index (χ2n) is 4.78. The first-order valence-electron chi connectivity index (χ1n) is 6.36. The van der Waals surface area contributed by atoms with Crippen LogP contribution in [0.2, 0.25) is 0 Å². The van der Waals surface area contributed by atoms with Crippen molar-refractivity contribution in [3.63, 3.8) is 0 Å². The Bertz CT molecular complexity index is 535. The standard InChI is InChI=1S/C13H15BrN2O4/c14-12-7-10(16(19)20)4-3-9(12)6-13(18)15-5-1-2-11(15)8-17/h3-4,7,11,17H,1-2,5-6,8H2/t11-/m1/s1. The van der Waals surface area contributed by atoms with Crippen molar-refractivity contribution in [2.24, 2.45) is 0 Å². The van der Waals surface area contributed by atoms with Crippen molar-refractivity contribution in [2.75, 3.05) is 13.2 Å². The highest BCUT2D eigenvalue weighted by Crippen LogP contribution is 2.25. The minimum Gasteiger partial charge on any atom is -0.394 e. The zero-order valence-electron chi connectivity index (χ0n) is 10.8. The number of amides is 1. The van der Waals surface area contributed by atoms with Crippen LogP contribution in [0.25, 0.3) is 0 Å². The van der Waals surface area contributed by atoms with E-state index in [0.717, 1.165) is 12.8 Å². The average Bonchev–Trinajstić information content (AvgIpc) is 2.89. The van der Waals surface area contributed by atoms with Crippen LogP contribution in [0.1, 0.15) is 18.4 Å². The summed E-state index contributed by atoms with van der Waals surface area (Å²) in [6.07, 6.45) is 1.90. The molecule has 1 heterocycles. The Kier molecular flexibility index (Phi) is 4.72. The Hall–Kier alpha value is -1.47. The molecule has 108 valence electrons. The molecular formula is C13H15BrN2O4. The Morgan fingerprint density at radius 2 is 2.30 bits per heavy atom. The Morgan fingerprint density at radius 3 is 2.90 bits per heavy atom. The molecule has 1 aromatic rings. The number of halogens is 1. The van der Waals surface area contributed by atoms with Crippen molar-refractivity contribution in [3.8, 4) is 0 Å². The second kappa shape index (κ2) is 6.32. The number of nitrogens with zero attached hydrogens (tertiary/aromatic N) is 2. The number of nitro groups is 1. The number of aliphatic hydroxyl groups is 1. The van der Waals surface area contributed by atoms with E-state index in [1.165, 1.54) is 12.1 Å². The fourth-order valence-corrected chi connectivity index (χ4v) is 2.92. The van der Waals surface area contributed by atoms with Crippen LogP contribution in [0.4, 0.5) is 5.69 Å². The van der Waals surface area contributed by atoms with E-state index in [1.807, 2.05) is 0 Å². The Balaban J connectivity index is 2.10. The van der Waals surface area contributed by atoms with Crippen LogP contribution < -0.4 is 0 Å². The molecular weight excluding hydrogens is 328 g/mol. The molecule has 1 saturated heterocycles. The van der Waals surface area contributed by atoms with Crippen molar-refractivity contribution in [1.29, 1.82) is 0 Å². The number of carbonyl (C=O) groups excluding carboxylic acids is 1.